The molecule has 0 aliphatic rings. The molecule has 5 nitrogen and oxygen atoms in total. The Morgan fingerprint density at radius 1 is 1.15 bits per heavy atom. The summed E-state index contributed by atoms with van der Waals surface area (Å²) in [5.41, 5.74) is -0.123. The lowest BCUT2D eigenvalue weighted by molar-refractivity contribution is 0.0685. The Bertz CT molecular complexity index is 763. The minimum atomic E-state index is -1.12. The van der Waals surface area contributed by atoms with Crippen molar-refractivity contribution in [1.82, 2.24) is 5.16 Å². The lowest BCUT2D eigenvalue weighted by atomic mass is 10.1. The fourth-order valence-corrected chi connectivity index (χ4v) is 1.89. The Hall–Kier alpha value is -2.82. The van der Waals surface area contributed by atoms with Gasteiger partial charge in [-0.05, 0) is 22.9 Å². The SMILES string of the molecule is O=C(O)c1cc(COc2ccc3ccccc3c2)on1. The van der Waals surface area contributed by atoms with Crippen LogP contribution in [0.25, 0.3) is 10.8 Å². The van der Waals surface area contributed by atoms with Gasteiger partial charge >= 0.3 is 5.97 Å². The number of rotatable bonds is 4. The summed E-state index contributed by atoms with van der Waals surface area (Å²) in [7, 11) is 0. The van der Waals surface area contributed by atoms with E-state index < -0.39 is 5.97 Å². The van der Waals surface area contributed by atoms with E-state index >= 15 is 0 Å². The van der Waals surface area contributed by atoms with Gasteiger partial charge in [-0.3, -0.25) is 0 Å². The molecule has 5 heteroatoms. The molecule has 0 amide bonds. The van der Waals surface area contributed by atoms with Crippen molar-refractivity contribution in [1.29, 1.82) is 0 Å². The van der Waals surface area contributed by atoms with Crippen molar-refractivity contribution in [3.8, 4) is 5.75 Å². The van der Waals surface area contributed by atoms with Crippen molar-refractivity contribution in [3.63, 3.8) is 0 Å². The van der Waals surface area contributed by atoms with Crippen LogP contribution in [-0.4, -0.2) is 16.2 Å². The van der Waals surface area contributed by atoms with Gasteiger partial charge < -0.3 is 14.4 Å². The summed E-state index contributed by atoms with van der Waals surface area (Å²) in [4.78, 5) is 10.7. The molecule has 0 unspecified atom stereocenters. The highest BCUT2D eigenvalue weighted by molar-refractivity contribution is 5.85. The van der Waals surface area contributed by atoms with Crippen LogP contribution in [0.15, 0.2) is 53.1 Å². The van der Waals surface area contributed by atoms with Gasteiger partial charge in [-0.1, -0.05) is 35.5 Å². The number of carbonyl (C=O) groups is 1. The molecule has 0 aliphatic carbocycles. The summed E-state index contributed by atoms with van der Waals surface area (Å²) < 4.78 is 10.4. The smallest absolute Gasteiger partial charge is 0.358 e. The molecular formula is C15H11NO4. The number of hydrogen-bond acceptors (Lipinski definition) is 4. The Kier molecular flexibility index (Phi) is 3.09. The first-order valence-electron chi connectivity index (χ1n) is 6.03. The maximum Gasteiger partial charge on any atom is 0.358 e. The maximum atomic E-state index is 10.7. The summed E-state index contributed by atoms with van der Waals surface area (Å²) >= 11 is 0. The topological polar surface area (TPSA) is 72.6 Å². The summed E-state index contributed by atoms with van der Waals surface area (Å²) in [5, 5.41) is 14.4. The number of aromatic carboxylic acids is 1. The van der Waals surface area contributed by atoms with Crippen molar-refractivity contribution < 1.29 is 19.2 Å². The largest absolute Gasteiger partial charge is 0.486 e. The Morgan fingerprint density at radius 2 is 1.95 bits per heavy atom. The predicted molar refractivity (Wildman–Crippen MR) is 71.7 cm³/mol. The number of benzene rings is 2. The third kappa shape index (κ3) is 2.47. The van der Waals surface area contributed by atoms with E-state index in [0.717, 1.165) is 10.8 Å². The van der Waals surface area contributed by atoms with Crippen LogP contribution in [0.2, 0.25) is 0 Å². The zero-order chi connectivity index (χ0) is 13.9. The van der Waals surface area contributed by atoms with E-state index in [4.69, 9.17) is 14.4 Å². The van der Waals surface area contributed by atoms with Crippen LogP contribution in [0.1, 0.15) is 16.2 Å². The lowest BCUT2D eigenvalue weighted by Crippen LogP contribution is -1.96. The summed E-state index contributed by atoms with van der Waals surface area (Å²) in [6.45, 7) is 0.138. The number of carboxylic acids is 1. The average molecular weight is 269 g/mol. The molecule has 0 bridgehead atoms. The first kappa shape index (κ1) is 12.2. The summed E-state index contributed by atoms with van der Waals surface area (Å²) in [6, 6.07) is 15.1. The average Bonchev–Trinajstić information content (AvgIpc) is 2.94. The van der Waals surface area contributed by atoms with Crippen LogP contribution in [0.4, 0.5) is 0 Å². The minimum Gasteiger partial charge on any atom is -0.486 e. The van der Waals surface area contributed by atoms with E-state index in [1.165, 1.54) is 6.07 Å². The van der Waals surface area contributed by atoms with Gasteiger partial charge in [0.25, 0.3) is 0 Å². The Labute approximate surface area is 114 Å². The van der Waals surface area contributed by atoms with Crippen molar-refractivity contribution >= 4 is 16.7 Å². The number of fused-ring (bicyclic) bond motifs is 1. The number of ether oxygens (including phenoxy) is 1. The molecule has 2 aromatic carbocycles. The molecule has 3 aromatic rings. The Morgan fingerprint density at radius 3 is 2.70 bits per heavy atom. The molecule has 0 fully saturated rings. The lowest BCUT2D eigenvalue weighted by Gasteiger charge is -2.05. The van der Waals surface area contributed by atoms with Crippen molar-refractivity contribution in [2.24, 2.45) is 0 Å². The third-order valence-electron chi connectivity index (χ3n) is 2.88. The highest BCUT2D eigenvalue weighted by atomic mass is 16.5. The molecule has 0 saturated heterocycles. The number of carboxylic acid groups (broad SMARTS) is 1. The van der Waals surface area contributed by atoms with Gasteiger partial charge in [-0.25, -0.2) is 4.79 Å². The normalized spacial score (nSPS) is 10.6. The number of hydrogen-bond donors (Lipinski definition) is 1. The van der Waals surface area contributed by atoms with Gasteiger partial charge in [-0.15, -0.1) is 0 Å². The minimum absolute atomic E-state index is 0.123. The first-order chi connectivity index (χ1) is 9.72. The van der Waals surface area contributed by atoms with Crippen LogP contribution < -0.4 is 4.74 Å². The monoisotopic (exact) mass is 269 g/mol. The van der Waals surface area contributed by atoms with Crippen LogP contribution in [0.3, 0.4) is 0 Å². The predicted octanol–water partition coefficient (Wildman–Crippen LogP) is 3.11. The molecular weight excluding hydrogens is 258 g/mol. The third-order valence-corrected chi connectivity index (χ3v) is 2.88. The maximum absolute atomic E-state index is 10.7. The van der Waals surface area contributed by atoms with Crippen LogP contribution >= 0.6 is 0 Å². The summed E-state index contributed by atoms with van der Waals surface area (Å²) in [6.07, 6.45) is 0. The van der Waals surface area contributed by atoms with Crippen LogP contribution in [-0.2, 0) is 6.61 Å². The quantitative estimate of drug-likeness (QED) is 0.787. The van der Waals surface area contributed by atoms with Gasteiger partial charge in [-0.2, -0.15) is 0 Å². The van der Waals surface area contributed by atoms with E-state index in [1.54, 1.807) is 0 Å². The molecule has 1 N–H and O–H groups in total. The van der Waals surface area contributed by atoms with Crippen molar-refractivity contribution in [3.05, 3.63) is 60.0 Å². The van der Waals surface area contributed by atoms with Crippen LogP contribution in [0, 0.1) is 0 Å². The summed E-state index contributed by atoms with van der Waals surface area (Å²) in [5.74, 6) is -0.0572. The highest BCUT2D eigenvalue weighted by Crippen LogP contribution is 2.21. The van der Waals surface area contributed by atoms with E-state index in [9.17, 15) is 4.79 Å². The van der Waals surface area contributed by atoms with E-state index in [2.05, 4.69) is 5.16 Å². The van der Waals surface area contributed by atoms with Gasteiger partial charge in [0, 0.05) is 6.07 Å². The molecule has 0 saturated carbocycles. The standard InChI is InChI=1S/C15H11NO4/c17-15(18)14-8-13(20-16-14)9-19-12-6-5-10-3-1-2-4-11(10)7-12/h1-8H,9H2,(H,17,18). The number of nitrogens with zero attached hydrogens (tertiary/aromatic N) is 1. The van der Waals surface area contributed by atoms with Crippen molar-refractivity contribution in [2.45, 2.75) is 6.61 Å². The van der Waals surface area contributed by atoms with Gasteiger partial charge in [0.15, 0.2) is 11.5 Å². The van der Waals surface area contributed by atoms with E-state index in [1.807, 2.05) is 42.5 Å². The number of aromatic nitrogens is 1. The molecule has 1 heterocycles. The zero-order valence-electron chi connectivity index (χ0n) is 10.4. The van der Waals surface area contributed by atoms with Gasteiger partial charge in [0.2, 0.25) is 0 Å². The molecule has 3 rings (SSSR count). The van der Waals surface area contributed by atoms with Gasteiger partial charge in [0.05, 0.1) is 0 Å². The van der Waals surface area contributed by atoms with E-state index in [0.29, 0.717) is 11.5 Å². The highest BCUT2D eigenvalue weighted by Gasteiger charge is 2.10. The molecule has 1 aromatic heterocycles. The second-order valence-corrected chi connectivity index (χ2v) is 4.28. The zero-order valence-corrected chi connectivity index (χ0v) is 10.4. The second-order valence-electron chi connectivity index (χ2n) is 4.28. The molecule has 0 aliphatic heterocycles. The molecule has 0 spiro atoms. The Balaban J connectivity index is 1.74. The van der Waals surface area contributed by atoms with Crippen molar-refractivity contribution in [2.75, 3.05) is 0 Å². The van der Waals surface area contributed by atoms with Gasteiger partial charge in [0.1, 0.15) is 12.4 Å². The van der Waals surface area contributed by atoms with E-state index in [-0.39, 0.29) is 12.3 Å². The second kappa shape index (κ2) is 5.05. The fourth-order valence-electron chi connectivity index (χ4n) is 1.89. The molecule has 100 valence electrons. The molecule has 0 atom stereocenters. The molecule has 20 heavy (non-hydrogen) atoms. The van der Waals surface area contributed by atoms with Crippen LogP contribution in [0.5, 0.6) is 5.75 Å². The fraction of sp³-hybridized carbons (Fsp3) is 0.0667. The molecule has 0 radical (unpaired) electrons. The first-order valence-corrected chi connectivity index (χ1v) is 6.03.